The Balaban J connectivity index is 1.15. The molecule has 3 amide bonds. The normalized spacial score (nSPS) is 19.5. The summed E-state index contributed by atoms with van der Waals surface area (Å²) < 4.78 is 3.24. The molecule has 2 saturated heterocycles. The van der Waals surface area contributed by atoms with Crippen LogP contribution in [0.25, 0.3) is 11.0 Å². The van der Waals surface area contributed by atoms with Gasteiger partial charge in [0.2, 0.25) is 5.91 Å². The summed E-state index contributed by atoms with van der Waals surface area (Å²) in [6, 6.07) is 18.1. The number of nitrogens with zero attached hydrogens (tertiary/aromatic N) is 6. The molecule has 0 saturated carbocycles. The first-order valence-corrected chi connectivity index (χ1v) is 15.9. The predicted molar refractivity (Wildman–Crippen MR) is 174 cm³/mol. The van der Waals surface area contributed by atoms with Gasteiger partial charge in [-0.15, -0.1) is 0 Å². The molecule has 1 N–H and O–H groups in total. The Morgan fingerprint density at radius 2 is 1.72 bits per heavy atom. The van der Waals surface area contributed by atoms with Gasteiger partial charge in [-0.05, 0) is 49.1 Å². The number of rotatable bonds is 7. The highest BCUT2D eigenvalue weighted by atomic mass is 16.7. The molecule has 0 spiro atoms. The van der Waals surface area contributed by atoms with Crippen LogP contribution in [0.3, 0.4) is 0 Å². The summed E-state index contributed by atoms with van der Waals surface area (Å²) in [5.74, 6) is -1.12. The van der Waals surface area contributed by atoms with Crippen LogP contribution in [0.15, 0.2) is 78.0 Å². The van der Waals surface area contributed by atoms with Crippen LogP contribution < -0.4 is 5.56 Å². The summed E-state index contributed by atoms with van der Waals surface area (Å²) in [5.41, 5.74) is 0.969. The summed E-state index contributed by atoms with van der Waals surface area (Å²) in [5, 5.41) is 13.1. The fourth-order valence-electron chi connectivity index (χ4n) is 6.85. The summed E-state index contributed by atoms with van der Waals surface area (Å²) in [7, 11) is 4.74. The average molecular weight is 641 g/mol. The Kier molecular flexibility index (Phi) is 8.98. The van der Waals surface area contributed by atoms with Crippen LogP contribution in [0.5, 0.6) is 0 Å². The first-order valence-electron chi connectivity index (χ1n) is 15.9. The van der Waals surface area contributed by atoms with Gasteiger partial charge in [0.25, 0.3) is 17.4 Å². The van der Waals surface area contributed by atoms with Crippen molar-refractivity contribution in [3.63, 3.8) is 0 Å². The lowest BCUT2D eigenvalue weighted by Crippen LogP contribution is -2.53. The van der Waals surface area contributed by atoms with Crippen molar-refractivity contribution in [1.29, 1.82) is 0 Å². The first-order chi connectivity index (χ1) is 22.6. The van der Waals surface area contributed by atoms with Crippen molar-refractivity contribution in [3.05, 3.63) is 100 Å². The van der Waals surface area contributed by atoms with E-state index in [-0.39, 0.29) is 41.7 Å². The number of carbonyl (C=O) groups excluding carboxylic acids is 3. The minimum atomic E-state index is -1.15. The Morgan fingerprint density at radius 3 is 2.45 bits per heavy atom. The Morgan fingerprint density at radius 1 is 1.00 bits per heavy atom. The van der Waals surface area contributed by atoms with Gasteiger partial charge in [0.15, 0.2) is 0 Å². The van der Waals surface area contributed by atoms with Crippen molar-refractivity contribution in [2.24, 2.45) is 13.0 Å². The highest BCUT2D eigenvalue weighted by Crippen LogP contribution is 2.36. The van der Waals surface area contributed by atoms with Gasteiger partial charge < -0.3 is 19.5 Å². The van der Waals surface area contributed by atoms with Crippen LogP contribution in [0, 0.1) is 5.92 Å². The van der Waals surface area contributed by atoms with Crippen molar-refractivity contribution >= 4 is 28.8 Å². The van der Waals surface area contributed by atoms with E-state index in [1.165, 1.54) is 25.1 Å². The van der Waals surface area contributed by atoms with E-state index >= 15 is 0 Å². The second kappa shape index (κ2) is 13.1. The van der Waals surface area contributed by atoms with E-state index < -0.39 is 5.60 Å². The number of likely N-dealkylation sites (tertiary alicyclic amines) is 2. The molecule has 12 nitrogen and oxygen atoms in total. The van der Waals surface area contributed by atoms with E-state index in [0.717, 1.165) is 10.6 Å². The van der Waals surface area contributed by atoms with Crippen molar-refractivity contribution in [2.45, 2.75) is 37.3 Å². The van der Waals surface area contributed by atoms with E-state index in [0.29, 0.717) is 67.6 Å². The molecule has 2 atom stereocenters. The van der Waals surface area contributed by atoms with Gasteiger partial charge in [-0.1, -0.05) is 36.4 Å². The minimum absolute atomic E-state index is 0.00716. The number of hydroxylamine groups is 2. The molecule has 0 unspecified atom stereocenters. The third kappa shape index (κ3) is 6.43. The average Bonchev–Trinajstić information content (AvgIpc) is 3.49. The predicted octanol–water partition coefficient (Wildman–Crippen LogP) is 2.67. The van der Waals surface area contributed by atoms with Gasteiger partial charge >= 0.3 is 0 Å². The largest absolute Gasteiger partial charge is 0.388 e. The molecule has 4 aromatic rings. The molecule has 4 heterocycles. The Labute approximate surface area is 272 Å². The standard InChI is InChI=1S/C35H40N6O6/c1-37-16-12-28-30(37)36-23-41(34(28)45)22-35(46)14-18-39(19-15-35)33(44)27-13-17-40(21-29(27)24-8-5-4-6-9-24)32(43)26-11-7-10-25(20-26)31(42)38(2)47-3/h4-12,16,20,23,27,29,46H,13-15,17-19,21-22H2,1-3H3/t27-,29+/m1/s1. The lowest BCUT2D eigenvalue weighted by atomic mass is 9.79. The lowest BCUT2D eigenvalue weighted by Gasteiger charge is -2.43. The van der Waals surface area contributed by atoms with Gasteiger partial charge in [-0.2, -0.15) is 0 Å². The van der Waals surface area contributed by atoms with E-state index in [2.05, 4.69) is 4.98 Å². The van der Waals surface area contributed by atoms with Crippen LogP contribution in [0.4, 0.5) is 0 Å². The molecule has 0 radical (unpaired) electrons. The molecule has 0 aliphatic carbocycles. The second-order valence-electron chi connectivity index (χ2n) is 12.6. The molecule has 47 heavy (non-hydrogen) atoms. The van der Waals surface area contributed by atoms with Crippen molar-refractivity contribution in [3.8, 4) is 0 Å². The van der Waals surface area contributed by atoms with Gasteiger partial charge in [0, 0.05) is 69.4 Å². The van der Waals surface area contributed by atoms with Crippen LogP contribution in [-0.4, -0.2) is 97.7 Å². The van der Waals surface area contributed by atoms with Gasteiger partial charge in [-0.25, -0.2) is 10.0 Å². The number of benzene rings is 2. The summed E-state index contributed by atoms with van der Waals surface area (Å²) in [6.07, 6.45) is 4.41. The topological polar surface area (TPSA) is 130 Å². The summed E-state index contributed by atoms with van der Waals surface area (Å²) in [4.78, 5) is 66.4. The monoisotopic (exact) mass is 640 g/mol. The van der Waals surface area contributed by atoms with Crippen molar-refractivity contribution in [2.75, 3.05) is 40.3 Å². The fourth-order valence-corrected chi connectivity index (χ4v) is 6.85. The molecule has 2 aromatic carbocycles. The van der Waals surface area contributed by atoms with Crippen LogP contribution in [0.2, 0.25) is 0 Å². The maximum Gasteiger partial charge on any atom is 0.277 e. The second-order valence-corrected chi connectivity index (χ2v) is 12.6. The third-order valence-corrected chi connectivity index (χ3v) is 9.68. The highest BCUT2D eigenvalue weighted by Gasteiger charge is 2.41. The fraction of sp³-hybridized carbons (Fsp3) is 0.400. The zero-order valence-corrected chi connectivity index (χ0v) is 26.9. The van der Waals surface area contributed by atoms with E-state index in [4.69, 9.17) is 4.84 Å². The van der Waals surface area contributed by atoms with E-state index in [1.807, 2.05) is 42.3 Å². The van der Waals surface area contributed by atoms with Crippen LogP contribution in [-0.2, 0) is 23.2 Å². The number of hydrogen-bond donors (Lipinski definition) is 1. The number of fused-ring (bicyclic) bond motifs is 1. The third-order valence-electron chi connectivity index (χ3n) is 9.68. The van der Waals surface area contributed by atoms with E-state index in [1.54, 1.807) is 46.0 Å². The molecule has 12 heteroatoms. The molecule has 2 aliphatic rings. The SMILES string of the molecule is CON(C)C(=O)c1cccc(C(=O)N2CC[C@@H](C(=O)N3CCC(O)(Cn4cnc5c(ccn5C)c4=O)CC3)[C@H](c3ccccc3)C2)c1. The molecule has 2 fully saturated rings. The minimum Gasteiger partial charge on any atom is -0.388 e. The van der Waals surface area contributed by atoms with Crippen molar-refractivity contribution < 1.29 is 24.3 Å². The lowest BCUT2D eigenvalue weighted by molar-refractivity contribution is -0.142. The van der Waals surface area contributed by atoms with Crippen LogP contribution in [0.1, 0.15) is 51.5 Å². The number of amides is 3. The number of aliphatic hydroxyl groups is 1. The van der Waals surface area contributed by atoms with Crippen molar-refractivity contribution in [1.82, 2.24) is 29.0 Å². The quantitative estimate of drug-likeness (QED) is 0.308. The summed E-state index contributed by atoms with van der Waals surface area (Å²) >= 11 is 0. The Hall–Kier alpha value is -4.81. The molecule has 0 bridgehead atoms. The molecule has 2 aromatic heterocycles. The first kappa shape index (κ1) is 32.1. The highest BCUT2D eigenvalue weighted by molar-refractivity contribution is 5.99. The number of carbonyl (C=O) groups is 3. The molecule has 246 valence electrons. The summed E-state index contributed by atoms with van der Waals surface area (Å²) in [6.45, 7) is 1.58. The van der Waals surface area contributed by atoms with Gasteiger partial charge in [0.1, 0.15) is 12.0 Å². The van der Waals surface area contributed by atoms with Gasteiger partial charge in [0.05, 0.1) is 24.6 Å². The molecule has 2 aliphatic heterocycles. The molecule has 6 rings (SSSR count). The van der Waals surface area contributed by atoms with Gasteiger partial charge in [-0.3, -0.25) is 28.6 Å². The maximum atomic E-state index is 14.1. The number of piperidine rings is 2. The van der Waals surface area contributed by atoms with E-state index in [9.17, 15) is 24.3 Å². The zero-order valence-electron chi connectivity index (χ0n) is 26.9. The Bertz CT molecular complexity index is 1840. The number of aromatic nitrogens is 3. The number of aryl methyl sites for hydroxylation is 1. The zero-order chi connectivity index (χ0) is 33.3. The number of hydrogen-bond acceptors (Lipinski definition) is 7. The molecular formula is C35H40N6O6. The smallest absolute Gasteiger partial charge is 0.277 e. The van der Waals surface area contributed by atoms with Crippen LogP contribution >= 0.6 is 0 Å². The molecular weight excluding hydrogens is 600 g/mol. The maximum absolute atomic E-state index is 14.1.